The van der Waals surface area contributed by atoms with Gasteiger partial charge >= 0.3 is 0 Å². The molecule has 1 aliphatic rings. The van der Waals surface area contributed by atoms with Crippen LogP contribution >= 0.6 is 0 Å². The Balaban J connectivity index is 1.56. The van der Waals surface area contributed by atoms with Crippen molar-refractivity contribution < 1.29 is 9.47 Å². The Morgan fingerprint density at radius 3 is 3.20 bits per heavy atom. The maximum atomic E-state index is 5.84. The summed E-state index contributed by atoms with van der Waals surface area (Å²) >= 11 is 0. The number of nitrogens with one attached hydrogen (secondary N) is 1. The second-order valence-corrected chi connectivity index (χ2v) is 4.88. The molecule has 106 valence electrons. The predicted molar refractivity (Wildman–Crippen MR) is 76.2 cm³/mol. The van der Waals surface area contributed by atoms with Crippen LogP contribution in [0, 0.1) is 0 Å². The van der Waals surface area contributed by atoms with Gasteiger partial charge in [0.1, 0.15) is 6.61 Å². The average molecular weight is 273 g/mol. The first kappa shape index (κ1) is 13.0. The number of methoxy groups -OCH3 is 1. The van der Waals surface area contributed by atoms with Crippen LogP contribution in [0.15, 0.2) is 36.7 Å². The first-order valence-electron chi connectivity index (χ1n) is 6.86. The zero-order chi connectivity index (χ0) is 13.8. The standard InChI is InChI=1S/C15H19N3O2/c1-19-14-5-2-4-12-10-13(11-20-15(12)14)16-7-9-18-8-3-6-17-18/h2-6,8,13,16H,7,9-11H2,1H3/t13-/m0/s1. The van der Waals surface area contributed by atoms with Crippen LogP contribution in [0.1, 0.15) is 5.56 Å². The molecule has 3 rings (SSSR count). The van der Waals surface area contributed by atoms with E-state index in [1.54, 1.807) is 13.3 Å². The third kappa shape index (κ3) is 2.77. The number of aromatic nitrogens is 2. The predicted octanol–water partition coefficient (Wildman–Crippen LogP) is 1.49. The highest BCUT2D eigenvalue weighted by molar-refractivity contribution is 5.48. The monoisotopic (exact) mass is 273 g/mol. The van der Waals surface area contributed by atoms with Crippen molar-refractivity contribution in [1.29, 1.82) is 0 Å². The van der Waals surface area contributed by atoms with Gasteiger partial charge in [-0.3, -0.25) is 4.68 Å². The lowest BCUT2D eigenvalue weighted by atomic mass is 10.0. The summed E-state index contributed by atoms with van der Waals surface area (Å²) in [7, 11) is 1.67. The summed E-state index contributed by atoms with van der Waals surface area (Å²) in [5, 5.41) is 7.70. The molecule has 1 aliphatic heterocycles. The number of para-hydroxylation sites is 1. The normalized spacial score (nSPS) is 17.4. The van der Waals surface area contributed by atoms with Crippen LogP contribution in [0.3, 0.4) is 0 Å². The van der Waals surface area contributed by atoms with Gasteiger partial charge in [-0.05, 0) is 24.1 Å². The highest BCUT2D eigenvalue weighted by Crippen LogP contribution is 2.34. The Labute approximate surface area is 118 Å². The molecular weight excluding hydrogens is 254 g/mol. The summed E-state index contributed by atoms with van der Waals surface area (Å²) in [5.74, 6) is 1.71. The van der Waals surface area contributed by atoms with E-state index in [1.807, 2.05) is 29.1 Å². The molecule has 1 atom stereocenters. The smallest absolute Gasteiger partial charge is 0.164 e. The molecule has 5 nitrogen and oxygen atoms in total. The fourth-order valence-electron chi connectivity index (χ4n) is 2.50. The van der Waals surface area contributed by atoms with Crippen LogP contribution in [-0.4, -0.2) is 36.1 Å². The van der Waals surface area contributed by atoms with Crippen molar-refractivity contribution in [2.24, 2.45) is 0 Å². The van der Waals surface area contributed by atoms with Gasteiger partial charge in [0.25, 0.3) is 0 Å². The Morgan fingerprint density at radius 2 is 2.40 bits per heavy atom. The molecule has 2 aromatic rings. The van der Waals surface area contributed by atoms with E-state index in [0.717, 1.165) is 31.0 Å². The summed E-state index contributed by atoms with van der Waals surface area (Å²) in [4.78, 5) is 0. The maximum Gasteiger partial charge on any atom is 0.164 e. The Hall–Kier alpha value is -2.01. The third-order valence-electron chi connectivity index (χ3n) is 3.51. The van der Waals surface area contributed by atoms with Gasteiger partial charge in [0, 0.05) is 25.0 Å². The molecule has 1 N–H and O–H groups in total. The van der Waals surface area contributed by atoms with Crippen molar-refractivity contribution in [2.45, 2.75) is 19.0 Å². The van der Waals surface area contributed by atoms with Crippen LogP contribution in [0.5, 0.6) is 11.5 Å². The van der Waals surface area contributed by atoms with Gasteiger partial charge in [-0.2, -0.15) is 5.10 Å². The maximum absolute atomic E-state index is 5.84. The van der Waals surface area contributed by atoms with Crippen molar-refractivity contribution in [3.8, 4) is 11.5 Å². The number of hydrogen-bond donors (Lipinski definition) is 1. The van der Waals surface area contributed by atoms with Crippen molar-refractivity contribution in [3.63, 3.8) is 0 Å². The molecule has 5 heteroatoms. The lowest BCUT2D eigenvalue weighted by Gasteiger charge is -2.27. The molecule has 0 saturated heterocycles. The SMILES string of the molecule is COc1cccc2c1OC[C@@H](NCCn1cccn1)C2. The van der Waals surface area contributed by atoms with E-state index in [9.17, 15) is 0 Å². The van der Waals surface area contributed by atoms with Crippen molar-refractivity contribution >= 4 is 0 Å². The number of fused-ring (bicyclic) bond motifs is 1. The summed E-state index contributed by atoms with van der Waals surface area (Å²) < 4.78 is 13.1. The molecule has 0 amide bonds. The number of nitrogens with zero attached hydrogens (tertiary/aromatic N) is 2. The minimum atomic E-state index is 0.338. The molecule has 0 unspecified atom stereocenters. The highest BCUT2D eigenvalue weighted by atomic mass is 16.5. The van der Waals surface area contributed by atoms with Crippen LogP contribution in [0.25, 0.3) is 0 Å². The third-order valence-corrected chi connectivity index (χ3v) is 3.51. The van der Waals surface area contributed by atoms with Gasteiger partial charge in [-0.1, -0.05) is 12.1 Å². The molecule has 2 heterocycles. The van der Waals surface area contributed by atoms with E-state index < -0.39 is 0 Å². The summed E-state index contributed by atoms with van der Waals surface area (Å²) in [6.07, 6.45) is 4.73. The molecule has 0 radical (unpaired) electrons. The molecule has 0 spiro atoms. The van der Waals surface area contributed by atoms with Gasteiger partial charge in [0.05, 0.1) is 13.7 Å². The van der Waals surface area contributed by atoms with Crippen molar-refractivity contribution in [2.75, 3.05) is 20.3 Å². The molecular formula is C15H19N3O2. The minimum Gasteiger partial charge on any atom is -0.493 e. The van der Waals surface area contributed by atoms with Crippen LogP contribution < -0.4 is 14.8 Å². The van der Waals surface area contributed by atoms with Gasteiger partial charge < -0.3 is 14.8 Å². The topological polar surface area (TPSA) is 48.3 Å². The first-order valence-corrected chi connectivity index (χ1v) is 6.86. The number of hydrogen-bond acceptors (Lipinski definition) is 4. The zero-order valence-corrected chi connectivity index (χ0v) is 11.6. The van der Waals surface area contributed by atoms with E-state index in [-0.39, 0.29) is 0 Å². The molecule has 20 heavy (non-hydrogen) atoms. The van der Waals surface area contributed by atoms with Gasteiger partial charge in [-0.15, -0.1) is 0 Å². The lowest BCUT2D eigenvalue weighted by molar-refractivity contribution is 0.226. The Kier molecular flexibility index (Phi) is 3.87. The molecule has 0 fully saturated rings. The zero-order valence-electron chi connectivity index (χ0n) is 11.6. The van der Waals surface area contributed by atoms with Crippen LogP contribution in [0.2, 0.25) is 0 Å². The van der Waals surface area contributed by atoms with Crippen LogP contribution in [0.4, 0.5) is 0 Å². The van der Waals surface area contributed by atoms with Crippen molar-refractivity contribution in [3.05, 3.63) is 42.2 Å². The molecule has 0 bridgehead atoms. The number of benzene rings is 1. The lowest BCUT2D eigenvalue weighted by Crippen LogP contribution is -2.40. The largest absolute Gasteiger partial charge is 0.493 e. The number of ether oxygens (including phenoxy) is 2. The summed E-state index contributed by atoms with van der Waals surface area (Å²) in [6.45, 7) is 2.43. The molecule has 0 aliphatic carbocycles. The van der Waals surface area contributed by atoms with Gasteiger partial charge in [0.2, 0.25) is 0 Å². The van der Waals surface area contributed by atoms with E-state index in [4.69, 9.17) is 9.47 Å². The van der Waals surface area contributed by atoms with Crippen LogP contribution in [-0.2, 0) is 13.0 Å². The fourth-order valence-corrected chi connectivity index (χ4v) is 2.50. The Morgan fingerprint density at radius 1 is 1.45 bits per heavy atom. The van der Waals surface area contributed by atoms with Gasteiger partial charge in [-0.25, -0.2) is 0 Å². The average Bonchev–Trinajstić information content (AvgIpc) is 2.99. The Bertz CT molecular complexity index is 554. The molecule has 1 aromatic carbocycles. The summed E-state index contributed by atoms with van der Waals surface area (Å²) in [6, 6.07) is 8.31. The minimum absolute atomic E-state index is 0.338. The first-order chi connectivity index (χ1) is 9.86. The highest BCUT2D eigenvalue weighted by Gasteiger charge is 2.21. The van der Waals surface area contributed by atoms with E-state index >= 15 is 0 Å². The second-order valence-electron chi connectivity index (χ2n) is 4.88. The van der Waals surface area contributed by atoms with E-state index in [1.165, 1.54) is 5.56 Å². The molecule has 1 aromatic heterocycles. The fraction of sp³-hybridized carbons (Fsp3) is 0.400. The number of rotatable bonds is 5. The van der Waals surface area contributed by atoms with E-state index in [0.29, 0.717) is 12.6 Å². The van der Waals surface area contributed by atoms with Crippen molar-refractivity contribution in [1.82, 2.24) is 15.1 Å². The summed E-state index contributed by atoms with van der Waals surface area (Å²) in [5.41, 5.74) is 1.20. The van der Waals surface area contributed by atoms with Gasteiger partial charge in [0.15, 0.2) is 11.5 Å². The quantitative estimate of drug-likeness (QED) is 0.896. The molecule has 0 saturated carbocycles. The van der Waals surface area contributed by atoms with E-state index in [2.05, 4.69) is 16.5 Å². The second kappa shape index (κ2) is 5.96.